The van der Waals surface area contributed by atoms with E-state index in [-0.39, 0.29) is 11.7 Å². The van der Waals surface area contributed by atoms with Gasteiger partial charge in [0.05, 0.1) is 11.0 Å². The first-order valence-electron chi connectivity index (χ1n) is 8.55. The molecule has 1 saturated heterocycles. The SMILES string of the molecule is CC(=O)C1CC1CN1CCC(n2c(=O)[nH]c3ccccc32)CC1. The number of H-pyrrole nitrogens is 1. The number of benzene rings is 1. The van der Waals surface area contributed by atoms with Crippen LogP contribution in [0.1, 0.15) is 32.2 Å². The molecule has 23 heavy (non-hydrogen) atoms. The molecule has 2 unspecified atom stereocenters. The van der Waals surface area contributed by atoms with Crippen LogP contribution in [0.2, 0.25) is 0 Å². The van der Waals surface area contributed by atoms with Crippen molar-refractivity contribution in [3.8, 4) is 0 Å². The second kappa shape index (κ2) is 5.64. The lowest BCUT2D eigenvalue weighted by molar-refractivity contribution is -0.118. The number of ketones is 1. The minimum atomic E-state index is 0.00323. The zero-order valence-electron chi connectivity index (χ0n) is 13.5. The smallest absolute Gasteiger partial charge is 0.306 e. The fraction of sp³-hybridized carbons (Fsp3) is 0.556. The van der Waals surface area contributed by atoms with Gasteiger partial charge in [0.25, 0.3) is 0 Å². The first kappa shape index (κ1) is 14.7. The molecule has 122 valence electrons. The van der Waals surface area contributed by atoms with Gasteiger partial charge in [-0.1, -0.05) is 12.1 Å². The number of nitrogens with one attached hydrogen (secondary N) is 1. The fourth-order valence-electron chi connectivity index (χ4n) is 4.08. The summed E-state index contributed by atoms with van der Waals surface area (Å²) in [6.07, 6.45) is 3.07. The number of carbonyl (C=O) groups excluding carboxylic acids is 1. The summed E-state index contributed by atoms with van der Waals surface area (Å²) in [4.78, 5) is 29.1. The van der Waals surface area contributed by atoms with Crippen LogP contribution in [0, 0.1) is 11.8 Å². The van der Waals surface area contributed by atoms with Crippen LogP contribution < -0.4 is 5.69 Å². The Morgan fingerprint density at radius 1 is 1.26 bits per heavy atom. The Labute approximate surface area is 135 Å². The molecule has 1 saturated carbocycles. The third-order valence-electron chi connectivity index (χ3n) is 5.48. The molecular formula is C18H23N3O2. The van der Waals surface area contributed by atoms with Crippen LogP contribution in [0.15, 0.2) is 29.1 Å². The van der Waals surface area contributed by atoms with E-state index in [0.717, 1.165) is 49.9 Å². The second-order valence-corrected chi connectivity index (χ2v) is 7.06. The summed E-state index contributed by atoms with van der Waals surface area (Å²) in [5, 5.41) is 0. The summed E-state index contributed by atoms with van der Waals surface area (Å²) in [6, 6.07) is 8.18. The first-order valence-corrected chi connectivity index (χ1v) is 8.55. The maximum absolute atomic E-state index is 12.3. The molecule has 1 aliphatic heterocycles. The van der Waals surface area contributed by atoms with Crippen LogP contribution in [-0.4, -0.2) is 39.9 Å². The van der Waals surface area contributed by atoms with Crippen LogP contribution in [0.3, 0.4) is 0 Å². The van der Waals surface area contributed by atoms with Crippen LogP contribution >= 0.6 is 0 Å². The largest absolute Gasteiger partial charge is 0.326 e. The highest BCUT2D eigenvalue weighted by Crippen LogP contribution is 2.40. The zero-order chi connectivity index (χ0) is 16.0. The van der Waals surface area contributed by atoms with Crippen molar-refractivity contribution in [2.45, 2.75) is 32.2 Å². The molecule has 2 fully saturated rings. The zero-order valence-corrected chi connectivity index (χ0v) is 13.5. The van der Waals surface area contributed by atoms with Gasteiger partial charge < -0.3 is 9.88 Å². The highest BCUT2D eigenvalue weighted by atomic mass is 16.1. The summed E-state index contributed by atoms with van der Waals surface area (Å²) < 4.78 is 1.93. The van der Waals surface area contributed by atoms with Gasteiger partial charge >= 0.3 is 5.69 Å². The lowest BCUT2D eigenvalue weighted by atomic mass is 10.0. The van der Waals surface area contributed by atoms with Gasteiger partial charge in [-0.15, -0.1) is 0 Å². The number of carbonyl (C=O) groups is 1. The van der Waals surface area contributed by atoms with E-state index < -0.39 is 0 Å². The van der Waals surface area contributed by atoms with Gasteiger partial charge in [0, 0.05) is 31.6 Å². The van der Waals surface area contributed by atoms with Gasteiger partial charge in [-0.05, 0) is 44.2 Å². The molecule has 0 spiro atoms. The molecule has 2 aliphatic rings. The summed E-state index contributed by atoms with van der Waals surface area (Å²) in [7, 11) is 0. The third kappa shape index (κ3) is 2.74. The minimum Gasteiger partial charge on any atom is -0.306 e. The van der Waals surface area contributed by atoms with E-state index in [1.807, 2.05) is 28.8 Å². The molecule has 2 heterocycles. The van der Waals surface area contributed by atoms with E-state index in [4.69, 9.17) is 0 Å². The Morgan fingerprint density at radius 2 is 2.00 bits per heavy atom. The molecule has 2 atom stereocenters. The predicted molar refractivity (Wildman–Crippen MR) is 89.5 cm³/mol. The maximum atomic E-state index is 12.3. The number of Topliss-reactive ketones (excluding diaryl/α,β-unsaturated/α-hetero) is 1. The number of aromatic nitrogens is 2. The lowest BCUT2D eigenvalue weighted by Crippen LogP contribution is -2.38. The second-order valence-electron chi connectivity index (χ2n) is 7.06. The fourth-order valence-corrected chi connectivity index (χ4v) is 4.08. The highest BCUT2D eigenvalue weighted by Gasteiger charge is 2.41. The number of imidazole rings is 1. The van der Waals surface area contributed by atoms with Crippen molar-refractivity contribution < 1.29 is 4.79 Å². The van der Waals surface area contributed by atoms with E-state index >= 15 is 0 Å². The quantitative estimate of drug-likeness (QED) is 0.941. The normalized spacial score (nSPS) is 25.8. The molecule has 1 N–H and O–H groups in total. The Bertz CT molecular complexity index is 783. The van der Waals surface area contributed by atoms with Crippen molar-refractivity contribution in [1.82, 2.24) is 14.5 Å². The van der Waals surface area contributed by atoms with E-state index in [2.05, 4.69) is 9.88 Å². The Kier molecular flexibility index (Phi) is 3.60. The third-order valence-corrected chi connectivity index (χ3v) is 5.48. The summed E-state index contributed by atoms with van der Waals surface area (Å²) in [6.45, 7) is 4.77. The molecule has 2 aromatic rings. The number of fused-ring (bicyclic) bond motifs is 1. The molecule has 1 aromatic heterocycles. The maximum Gasteiger partial charge on any atom is 0.326 e. The molecule has 1 aliphatic carbocycles. The number of hydrogen-bond acceptors (Lipinski definition) is 3. The Hall–Kier alpha value is -1.88. The molecule has 0 radical (unpaired) electrons. The van der Waals surface area contributed by atoms with E-state index in [1.165, 1.54) is 0 Å². The molecular weight excluding hydrogens is 290 g/mol. The highest BCUT2D eigenvalue weighted by molar-refractivity contribution is 5.81. The Balaban J connectivity index is 1.42. The van der Waals surface area contributed by atoms with Crippen LogP contribution in [0.4, 0.5) is 0 Å². The topological polar surface area (TPSA) is 58.1 Å². The van der Waals surface area contributed by atoms with E-state index in [9.17, 15) is 9.59 Å². The molecule has 0 amide bonds. The number of para-hydroxylation sites is 2. The molecule has 0 bridgehead atoms. The summed E-state index contributed by atoms with van der Waals surface area (Å²) in [5.74, 6) is 1.22. The molecule has 1 aromatic carbocycles. The van der Waals surface area contributed by atoms with Gasteiger partial charge in [-0.25, -0.2) is 4.79 Å². The van der Waals surface area contributed by atoms with Crippen molar-refractivity contribution in [1.29, 1.82) is 0 Å². The number of piperidine rings is 1. The molecule has 4 rings (SSSR count). The minimum absolute atomic E-state index is 0.00323. The summed E-state index contributed by atoms with van der Waals surface area (Å²) in [5.41, 5.74) is 1.93. The predicted octanol–water partition coefficient (Wildman–Crippen LogP) is 2.19. The summed E-state index contributed by atoms with van der Waals surface area (Å²) >= 11 is 0. The monoisotopic (exact) mass is 313 g/mol. The van der Waals surface area contributed by atoms with Gasteiger partial charge in [0.1, 0.15) is 5.78 Å². The first-order chi connectivity index (χ1) is 11.1. The average molecular weight is 313 g/mol. The van der Waals surface area contributed by atoms with E-state index in [1.54, 1.807) is 6.92 Å². The van der Waals surface area contributed by atoms with Crippen LogP contribution in [-0.2, 0) is 4.79 Å². The number of likely N-dealkylation sites (tertiary alicyclic amines) is 1. The van der Waals surface area contributed by atoms with Gasteiger partial charge in [-0.3, -0.25) is 9.36 Å². The number of hydrogen-bond donors (Lipinski definition) is 1. The van der Waals surface area contributed by atoms with Crippen molar-refractivity contribution >= 4 is 16.8 Å². The average Bonchev–Trinajstić information content (AvgIpc) is 3.22. The van der Waals surface area contributed by atoms with Gasteiger partial charge in [-0.2, -0.15) is 0 Å². The van der Waals surface area contributed by atoms with Crippen molar-refractivity contribution in [3.05, 3.63) is 34.7 Å². The van der Waals surface area contributed by atoms with Gasteiger partial charge in [0.15, 0.2) is 0 Å². The van der Waals surface area contributed by atoms with Crippen LogP contribution in [0.5, 0.6) is 0 Å². The molecule has 5 heteroatoms. The number of aromatic amines is 1. The van der Waals surface area contributed by atoms with Crippen molar-refractivity contribution in [2.75, 3.05) is 19.6 Å². The van der Waals surface area contributed by atoms with Crippen molar-refractivity contribution in [2.24, 2.45) is 11.8 Å². The number of rotatable bonds is 4. The van der Waals surface area contributed by atoms with Gasteiger partial charge in [0.2, 0.25) is 0 Å². The molecule has 5 nitrogen and oxygen atoms in total. The lowest BCUT2D eigenvalue weighted by Gasteiger charge is -2.32. The van der Waals surface area contributed by atoms with E-state index in [0.29, 0.717) is 17.6 Å². The standard InChI is InChI=1S/C18H23N3O2/c1-12(22)15-10-13(15)11-20-8-6-14(7-9-20)21-17-5-3-2-4-16(17)19-18(21)23/h2-5,13-15H,6-11H2,1H3,(H,19,23). The number of nitrogens with zero attached hydrogens (tertiary/aromatic N) is 2. The van der Waals surface area contributed by atoms with Crippen LogP contribution in [0.25, 0.3) is 11.0 Å². The Morgan fingerprint density at radius 3 is 2.70 bits per heavy atom. The van der Waals surface area contributed by atoms with Crippen molar-refractivity contribution in [3.63, 3.8) is 0 Å².